The van der Waals surface area contributed by atoms with E-state index in [1.54, 1.807) is 0 Å². The minimum Gasteiger partial charge on any atom is -0.395 e. The standard InChI is InChI=1S/C12H27NO/c1-4-7-12(8-5-2,9-6-3)13-10-11-14/h13-14H,4-11H2,1-3H3. The van der Waals surface area contributed by atoms with Crippen molar-refractivity contribution in [2.24, 2.45) is 0 Å². The molecule has 14 heavy (non-hydrogen) atoms. The van der Waals surface area contributed by atoms with Crippen LogP contribution in [-0.2, 0) is 0 Å². The SMILES string of the molecule is CCCC(CCC)(CCC)NCCO. The van der Waals surface area contributed by atoms with Crippen LogP contribution in [0.15, 0.2) is 0 Å². The molecule has 0 fully saturated rings. The predicted molar refractivity (Wildman–Crippen MR) is 62.5 cm³/mol. The van der Waals surface area contributed by atoms with Crippen molar-refractivity contribution in [2.45, 2.75) is 64.8 Å². The molecular weight excluding hydrogens is 174 g/mol. The second-order valence-corrected chi connectivity index (χ2v) is 4.18. The Bertz CT molecular complexity index is 108. The maximum absolute atomic E-state index is 8.87. The average Bonchev–Trinajstić information content (AvgIpc) is 2.16. The number of aliphatic hydroxyl groups is 1. The summed E-state index contributed by atoms with van der Waals surface area (Å²) >= 11 is 0. The first kappa shape index (κ1) is 13.9. The maximum atomic E-state index is 8.87. The van der Waals surface area contributed by atoms with Gasteiger partial charge in [-0.2, -0.15) is 0 Å². The Balaban J connectivity index is 4.21. The lowest BCUT2D eigenvalue weighted by molar-refractivity contribution is 0.216. The second-order valence-electron chi connectivity index (χ2n) is 4.18. The van der Waals surface area contributed by atoms with E-state index >= 15 is 0 Å². The smallest absolute Gasteiger partial charge is 0.0556 e. The molecular formula is C12H27NO. The molecule has 2 N–H and O–H groups in total. The minimum absolute atomic E-state index is 0.249. The Kier molecular flexibility index (Phi) is 8.20. The monoisotopic (exact) mass is 201 g/mol. The normalized spacial score (nSPS) is 12.0. The third-order valence-electron chi connectivity index (χ3n) is 2.80. The summed E-state index contributed by atoms with van der Waals surface area (Å²) in [6, 6.07) is 0. The zero-order valence-corrected chi connectivity index (χ0v) is 10.1. The van der Waals surface area contributed by atoms with Crippen molar-refractivity contribution < 1.29 is 5.11 Å². The van der Waals surface area contributed by atoms with Gasteiger partial charge in [0.15, 0.2) is 0 Å². The summed E-state index contributed by atoms with van der Waals surface area (Å²) in [5.41, 5.74) is 0.293. The molecule has 0 saturated heterocycles. The van der Waals surface area contributed by atoms with E-state index in [-0.39, 0.29) is 6.61 Å². The highest BCUT2D eigenvalue weighted by atomic mass is 16.3. The molecule has 0 unspecified atom stereocenters. The van der Waals surface area contributed by atoms with Crippen LogP contribution in [0.5, 0.6) is 0 Å². The number of aliphatic hydroxyl groups excluding tert-OH is 1. The molecule has 0 rings (SSSR count). The molecule has 0 saturated carbocycles. The third-order valence-corrected chi connectivity index (χ3v) is 2.80. The van der Waals surface area contributed by atoms with Gasteiger partial charge in [0, 0.05) is 12.1 Å². The van der Waals surface area contributed by atoms with E-state index in [2.05, 4.69) is 26.1 Å². The van der Waals surface area contributed by atoms with E-state index in [9.17, 15) is 0 Å². The second kappa shape index (κ2) is 8.25. The van der Waals surface area contributed by atoms with Crippen molar-refractivity contribution in [3.63, 3.8) is 0 Å². The van der Waals surface area contributed by atoms with E-state index in [4.69, 9.17) is 5.11 Å². The largest absolute Gasteiger partial charge is 0.395 e. The maximum Gasteiger partial charge on any atom is 0.0556 e. The number of hydrogen-bond acceptors (Lipinski definition) is 2. The van der Waals surface area contributed by atoms with Crippen LogP contribution in [0.3, 0.4) is 0 Å². The molecule has 0 aliphatic carbocycles. The average molecular weight is 201 g/mol. The van der Waals surface area contributed by atoms with Crippen LogP contribution < -0.4 is 5.32 Å². The topological polar surface area (TPSA) is 32.3 Å². The fourth-order valence-corrected chi connectivity index (χ4v) is 2.40. The van der Waals surface area contributed by atoms with Gasteiger partial charge in [0.1, 0.15) is 0 Å². The quantitative estimate of drug-likeness (QED) is 0.601. The first-order valence-electron chi connectivity index (χ1n) is 6.10. The van der Waals surface area contributed by atoms with Crippen molar-refractivity contribution in [1.29, 1.82) is 0 Å². The lowest BCUT2D eigenvalue weighted by atomic mass is 9.84. The van der Waals surface area contributed by atoms with E-state index in [0.29, 0.717) is 5.54 Å². The molecule has 0 spiro atoms. The number of rotatable bonds is 9. The number of β-amino-alcohol motifs (C(OH)–C–C–N with tert-alkyl or cyclic N) is 1. The molecule has 2 nitrogen and oxygen atoms in total. The van der Waals surface area contributed by atoms with Gasteiger partial charge in [-0.3, -0.25) is 0 Å². The van der Waals surface area contributed by atoms with E-state index in [1.165, 1.54) is 38.5 Å². The van der Waals surface area contributed by atoms with Crippen molar-refractivity contribution in [3.05, 3.63) is 0 Å². The molecule has 0 bridgehead atoms. The summed E-state index contributed by atoms with van der Waals surface area (Å²) in [5.74, 6) is 0. The van der Waals surface area contributed by atoms with Gasteiger partial charge < -0.3 is 10.4 Å². The highest BCUT2D eigenvalue weighted by molar-refractivity contribution is 4.86. The van der Waals surface area contributed by atoms with Gasteiger partial charge in [-0.1, -0.05) is 40.0 Å². The lowest BCUT2D eigenvalue weighted by Gasteiger charge is -2.34. The van der Waals surface area contributed by atoms with Gasteiger partial charge in [0.05, 0.1) is 6.61 Å². The summed E-state index contributed by atoms with van der Waals surface area (Å²) in [5, 5.41) is 12.4. The van der Waals surface area contributed by atoms with Crippen LogP contribution in [0, 0.1) is 0 Å². The predicted octanol–water partition coefficient (Wildman–Crippen LogP) is 2.71. The van der Waals surface area contributed by atoms with Gasteiger partial charge in [-0.05, 0) is 19.3 Å². The van der Waals surface area contributed by atoms with Crippen LogP contribution in [0.4, 0.5) is 0 Å². The van der Waals surface area contributed by atoms with Crippen molar-refractivity contribution >= 4 is 0 Å². The van der Waals surface area contributed by atoms with Gasteiger partial charge in [-0.25, -0.2) is 0 Å². The van der Waals surface area contributed by atoms with Crippen molar-refractivity contribution in [1.82, 2.24) is 5.32 Å². The zero-order chi connectivity index (χ0) is 10.9. The fourth-order valence-electron chi connectivity index (χ4n) is 2.40. The highest BCUT2D eigenvalue weighted by Crippen LogP contribution is 2.24. The van der Waals surface area contributed by atoms with Crippen LogP contribution in [0.25, 0.3) is 0 Å². The van der Waals surface area contributed by atoms with Crippen molar-refractivity contribution in [3.8, 4) is 0 Å². The van der Waals surface area contributed by atoms with Gasteiger partial charge in [0.2, 0.25) is 0 Å². The molecule has 0 amide bonds. The van der Waals surface area contributed by atoms with Gasteiger partial charge in [0.25, 0.3) is 0 Å². The number of hydrogen-bond donors (Lipinski definition) is 2. The Labute approximate surface area is 89.1 Å². The molecule has 0 atom stereocenters. The summed E-state index contributed by atoms with van der Waals surface area (Å²) in [6.07, 6.45) is 7.35. The summed E-state index contributed by atoms with van der Waals surface area (Å²) < 4.78 is 0. The molecule has 0 aromatic carbocycles. The van der Waals surface area contributed by atoms with Crippen LogP contribution in [-0.4, -0.2) is 23.8 Å². The van der Waals surface area contributed by atoms with E-state index in [0.717, 1.165) is 6.54 Å². The number of nitrogens with one attached hydrogen (secondary N) is 1. The molecule has 0 aromatic heterocycles. The zero-order valence-electron chi connectivity index (χ0n) is 10.1. The Morgan fingerprint density at radius 1 is 0.929 bits per heavy atom. The van der Waals surface area contributed by atoms with E-state index in [1.807, 2.05) is 0 Å². The van der Waals surface area contributed by atoms with Crippen molar-refractivity contribution in [2.75, 3.05) is 13.2 Å². The molecule has 2 heteroatoms. The third kappa shape index (κ3) is 4.97. The molecule has 0 aliphatic rings. The Morgan fingerprint density at radius 2 is 1.36 bits per heavy atom. The first-order chi connectivity index (χ1) is 6.74. The minimum atomic E-state index is 0.249. The van der Waals surface area contributed by atoms with Crippen LogP contribution >= 0.6 is 0 Å². The molecule has 0 aliphatic heterocycles. The van der Waals surface area contributed by atoms with Gasteiger partial charge in [-0.15, -0.1) is 0 Å². The molecule has 0 heterocycles. The van der Waals surface area contributed by atoms with Crippen LogP contribution in [0.2, 0.25) is 0 Å². The first-order valence-corrected chi connectivity index (χ1v) is 6.10. The Hall–Kier alpha value is -0.0800. The lowest BCUT2D eigenvalue weighted by Crippen LogP contribution is -2.46. The summed E-state index contributed by atoms with van der Waals surface area (Å²) in [6.45, 7) is 7.70. The molecule has 0 radical (unpaired) electrons. The summed E-state index contributed by atoms with van der Waals surface area (Å²) in [7, 11) is 0. The Morgan fingerprint density at radius 3 is 1.64 bits per heavy atom. The summed E-state index contributed by atoms with van der Waals surface area (Å²) in [4.78, 5) is 0. The highest BCUT2D eigenvalue weighted by Gasteiger charge is 2.25. The molecule has 0 aromatic rings. The van der Waals surface area contributed by atoms with E-state index < -0.39 is 0 Å². The molecule has 86 valence electrons. The van der Waals surface area contributed by atoms with Crippen LogP contribution in [0.1, 0.15) is 59.3 Å². The van der Waals surface area contributed by atoms with Gasteiger partial charge >= 0.3 is 0 Å². The fraction of sp³-hybridized carbons (Fsp3) is 1.00.